The van der Waals surface area contributed by atoms with Crippen LogP contribution in [0.25, 0.3) is 0 Å². The van der Waals surface area contributed by atoms with Crippen LogP contribution in [-0.4, -0.2) is 88.4 Å². The van der Waals surface area contributed by atoms with E-state index in [1.807, 2.05) is 6.07 Å². The SMILES string of the molecule is COc1c(C2CCN(S(=O)(=O)N3CCC(O)C3)CC2C(F)(F)F)nn(C(=O)c2cscn2)c1SCc1ccc(Cl)s1. The first kappa shape index (κ1) is 30.7. The summed E-state index contributed by atoms with van der Waals surface area (Å²) in [7, 11) is -2.92. The number of thioether (sulfide) groups is 1. The first-order chi connectivity index (χ1) is 19.4. The van der Waals surface area contributed by atoms with Crippen LogP contribution in [0.15, 0.2) is 28.0 Å². The van der Waals surface area contributed by atoms with Crippen molar-refractivity contribution in [2.75, 3.05) is 33.3 Å². The van der Waals surface area contributed by atoms with Gasteiger partial charge in [-0.3, -0.25) is 4.79 Å². The van der Waals surface area contributed by atoms with Crippen LogP contribution >= 0.6 is 46.0 Å². The van der Waals surface area contributed by atoms with E-state index in [9.17, 15) is 31.5 Å². The van der Waals surface area contributed by atoms with Crippen LogP contribution in [0.1, 0.15) is 39.8 Å². The fourth-order valence-corrected chi connectivity index (χ4v) is 9.44. The summed E-state index contributed by atoms with van der Waals surface area (Å²) in [5.74, 6) is -3.64. The van der Waals surface area contributed by atoms with Gasteiger partial charge in [0.05, 0.1) is 29.0 Å². The smallest absolute Gasteiger partial charge is 0.393 e. The molecule has 0 aliphatic carbocycles. The molecular formula is C23H25ClF3N5O5S4. The van der Waals surface area contributed by atoms with Crippen LogP contribution < -0.4 is 4.74 Å². The highest BCUT2D eigenvalue weighted by molar-refractivity contribution is 7.98. The number of β-amino-alcohol motifs (C(OH)–C–C–N with tert-alkyl or cyclic N) is 1. The summed E-state index contributed by atoms with van der Waals surface area (Å²) in [6.07, 6.45) is -5.62. The van der Waals surface area contributed by atoms with Gasteiger partial charge in [-0.05, 0) is 25.0 Å². The summed E-state index contributed by atoms with van der Waals surface area (Å²) in [5.41, 5.74) is 1.47. The Hall–Kier alpha value is -1.73. The molecule has 0 radical (unpaired) electrons. The van der Waals surface area contributed by atoms with Crippen molar-refractivity contribution < 1.29 is 36.2 Å². The third kappa shape index (κ3) is 6.32. The number of thiazole rings is 1. The maximum Gasteiger partial charge on any atom is 0.393 e. The Balaban J connectivity index is 1.51. The summed E-state index contributed by atoms with van der Waals surface area (Å²) in [5, 5.41) is 15.9. The first-order valence-electron chi connectivity index (χ1n) is 12.4. The van der Waals surface area contributed by atoms with Crippen LogP contribution in [0.3, 0.4) is 0 Å². The van der Waals surface area contributed by atoms with Gasteiger partial charge in [0.15, 0.2) is 5.75 Å². The van der Waals surface area contributed by atoms with Crippen LogP contribution in [0.4, 0.5) is 13.2 Å². The molecule has 3 unspecified atom stereocenters. The predicted molar refractivity (Wildman–Crippen MR) is 149 cm³/mol. The van der Waals surface area contributed by atoms with Gasteiger partial charge < -0.3 is 9.84 Å². The lowest BCUT2D eigenvalue weighted by atomic mass is 9.83. The second kappa shape index (κ2) is 12.1. The minimum Gasteiger partial charge on any atom is -0.492 e. The molecule has 2 aliphatic heterocycles. The van der Waals surface area contributed by atoms with E-state index in [1.165, 1.54) is 52.4 Å². The van der Waals surface area contributed by atoms with Gasteiger partial charge in [0.2, 0.25) is 0 Å². The number of piperidine rings is 1. The number of aliphatic hydroxyl groups is 1. The fraction of sp³-hybridized carbons (Fsp3) is 0.522. The van der Waals surface area contributed by atoms with E-state index in [1.54, 1.807) is 6.07 Å². The number of carbonyl (C=O) groups is 1. The predicted octanol–water partition coefficient (Wildman–Crippen LogP) is 4.32. The molecule has 3 aromatic rings. The lowest BCUT2D eigenvalue weighted by molar-refractivity contribution is -0.188. The number of ether oxygens (including phenoxy) is 1. The van der Waals surface area contributed by atoms with E-state index >= 15 is 0 Å². The highest BCUT2D eigenvalue weighted by atomic mass is 35.5. The molecule has 41 heavy (non-hydrogen) atoms. The first-order valence-corrected chi connectivity index (χ1v) is 16.9. The van der Waals surface area contributed by atoms with Crippen LogP contribution in [0, 0.1) is 5.92 Å². The molecule has 5 rings (SSSR count). The van der Waals surface area contributed by atoms with Crippen molar-refractivity contribution in [3.05, 3.63) is 43.6 Å². The highest BCUT2D eigenvalue weighted by Gasteiger charge is 2.52. The molecule has 18 heteroatoms. The molecule has 0 bridgehead atoms. The number of hydrogen-bond acceptors (Lipinski definition) is 10. The molecular weight excluding hydrogens is 647 g/mol. The van der Waals surface area contributed by atoms with Crippen molar-refractivity contribution in [3.63, 3.8) is 0 Å². The molecule has 0 spiro atoms. The van der Waals surface area contributed by atoms with Gasteiger partial charge in [-0.25, -0.2) is 4.98 Å². The lowest BCUT2D eigenvalue weighted by Gasteiger charge is -2.39. The second-order valence-electron chi connectivity index (χ2n) is 9.52. The van der Waals surface area contributed by atoms with E-state index < -0.39 is 46.8 Å². The van der Waals surface area contributed by atoms with E-state index in [0.717, 1.165) is 18.2 Å². The van der Waals surface area contributed by atoms with Crippen molar-refractivity contribution in [1.82, 2.24) is 23.4 Å². The Bertz CT molecular complexity index is 1500. The topological polar surface area (TPSA) is 118 Å². The standard InChI is InChI=1S/C23H25ClF3N5O5S4/c1-37-20-19(15-5-7-31(9-16(15)23(25,26)27)41(35,36)30-6-4-13(33)8-30)29-32(21(34)17-11-38-12-28-17)22(20)39-10-14-2-3-18(24)40-14/h2-3,11-13,15-16,33H,4-10H2,1H3. The zero-order valence-electron chi connectivity index (χ0n) is 21.5. The lowest BCUT2D eigenvalue weighted by Crippen LogP contribution is -2.52. The molecule has 3 aromatic heterocycles. The molecule has 0 saturated carbocycles. The minimum absolute atomic E-state index is 0.0273. The molecule has 2 saturated heterocycles. The normalized spacial score (nSPS) is 22.8. The average Bonchev–Trinajstić information content (AvgIpc) is 3.73. The number of carbonyl (C=O) groups excluding carboxylic acids is 1. The number of thiophene rings is 1. The Kier molecular flexibility index (Phi) is 9.07. The van der Waals surface area contributed by atoms with E-state index in [0.29, 0.717) is 10.1 Å². The van der Waals surface area contributed by atoms with Gasteiger partial charge in [0.25, 0.3) is 16.1 Å². The number of aliphatic hydroxyl groups excluding tert-OH is 1. The number of hydrogen-bond donors (Lipinski definition) is 1. The summed E-state index contributed by atoms with van der Waals surface area (Å²) in [6, 6.07) is 3.53. The molecule has 10 nitrogen and oxygen atoms in total. The molecule has 2 fully saturated rings. The van der Waals surface area contributed by atoms with Gasteiger partial charge in [-0.2, -0.15) is 40.0 Å². The van der Waals surface area contributed by atoms with Gasteiger partial charge in [0.1, 0.15) is 16.4 Å². The van der Waals surface area contributed by atoms with E-state index in [2.05, 4.69) is 10.1 Å². The quantitative estimate of drug-likeness (QED) is 0.352. The maximum atomic E-state index is 14.5. The van der Waals surface area contributed by atoms with Crippen molar-refractivity contribution in [1.29, 1.82) is 0 Å². The summed E-state index contributed by atoms with van der Waals surface area (Å²) < 4.78 is 78.9. The van der Waals surface area contributed by atoms with Gasteiger partial charge in [-0.15, -0.1) is 22.7 Å². The number of nitrogens with zero attached hydrogens (tertiary/aromatic N) is 5. The maximum absolute atomic E-state index is 14.5. The van der Waals surface area contributed by atoms with Crippen LogP contribution in [-0.2, 0) is 16.0 Å². The summed E-state index contributed by atoms with van der Waals surface area (Å²) in [6.45, 7) is -1.15. The van der Waals surface area contributed by atoms with Crippen molar-refractivity contribution in [2.24, 2.45) is 5.92 Å². The third-order valence-electron chi connectivity index (χ3n) is 6.98. The van der Waals surface area contributed by atoms with E-state index in [4.69, 9.17) is 16.3 Å². The Morgan fingerprint density at radius 3 is 2.56 bits per heavy atom. The Labute approximate surface area is 251 Å². The zero-order valence-corrected chi connectivity index (χ0v) is 25.5. The van der Waals surface area contributed by atoms with Crippen LogP contribution in [0.5, 0.6) is 5.75 Å². The average molecular weight is 672 g/mol. The second-order valence-corrected chi connectivity index (χ2v) is 14.9. The van der Waals surface area contributed by atoms with Gasteiger partial charge in [-0.1, -0.05) is 23.4 Å². The fourth-order valence-electron chi connectivity index (χ4n) is 4.97. The molecule has 5 heterocycles. The largest absolute Gasteiger partial charge is 0.492 e. The number of methoxy groups -OCH3 is 1. The summed E-state index contributed by atoms with van der Waals surface area (Å²) in [4.78, 5) is 18.3. The number of rotatable bonds is 8. The number of alkyl halides is 3. The molecule has 3 atom stereocenters. The number of aromatic nitrogens is 3. The molecule has 0 aromatic carbocycles. The van der Waals surface area contributed by atoms with Gasteiger partial charge >= 0.3 is 6.18 Å². The van der Waals surface area contributed by atoms with Crippen molar-refractivity contribution >= 4 is 62.2 Å². The molecule has 224 valence electrons. The van der Waals surface area contributed by atoms with Crippen LogP contribution in [0.2, 0.25) is 4.34 Å². The third-order valence-corrected chi connectivity index (χ3v) is 12.0. The highest BCUT2D eigenvalue weighted by Crippen LogP contribution is 2.48. The Morgan fingerprint density at radius 1 is 1.24 bits per heavy atom. The van der Waals surface area contributed by atoms with Crippen molar-refractivity contribution in [3.8, 4) is 5.75 Å². The monoisotopic (exact) mass is 671 g/mol. The number of halogens is 4. The summed E-state index contributed by atoms with van der Waals surface area (Å²) >= 11 is 9.73. The Morgan fingerprint density at radius 2 is 1.98 bits per heavy atom. The zero-order chi connectivity index (χ0) is 29.5. The van der Waals surface area contributed by atoms with E-state index in [-0.39, 0.29) is 54.6 Å². The minimum atomic E-state index is -4.78. The molecule has 0 amide bonds. The molecule has 1 N–H and O–H groups in total. The van der Waals surface area contributed by atoms with Gasteiger partial charge in [0, 0.05) is 48.1 Å². The molecule has 2 aliphatic rings. The van der Waals surface area contributed by atoms with Crippen molar-refractivity contribution in [2.45, 2.75) is 41.8 Å².